The Kier molecular flexibility index (Phi) is 13.3. The molecule has 3 aliphatic carbocycles. The van der Waals surface area contributed by atoms with Crippen molar-refractivity contribution in [2.75, 3.05) is 25.2 Å². The zero-order valence-electron chi connectivity index (χ0n) is 34.9. The number of fused-ring (bicyclic) bond motifs is 3. The Bertz CT molecular complexity index is 2010. The van der Waals surface area contributed by atoms with E-state index in [1.165, 1.54) is 29.8 Å². The van der Waals surface area contributed by atoms with Crippen LogP contribution in [0.1, 0.15) is 121 Å². The number of hydrogen-bond donors (Lipinski definition) is 0. The van der Waals surface area contributed by atoms with Gasteiger partial charge in [-0.25, -0.2) is 4.79 Å². The Morgan fingerprint density at radius 2 is 1.76 bits per heavy atom. The molecular weight excluding hydrogens is 785 g/mol. The summed E-state index contributed by atoms with van der Waals surface area (Å²) >= 11 is 6.25. The number of methoxy groups -OCH3 is 1. The van der Waals surface area contributed by atoms with E-state index in [2.05, 4.69) is 18.8 Å². The van der Waals surface area contributed by atoms with E-state index in [1.807, 2.05) is 51.2 Å². The molecule has 0 aliphatic heterocycles. The fraction of sp³-hybridized carbons (Fsp3) is 0.565. The molecule has 1 amide bonds. The van der Waals surface area contributed by atoms with E-state index in [9.17, 15) is 27.6 Å². The average Bonchev–Trinajstić information content (AvgIpc) is 3.46. The van der Waals surface area contributed by atoms with Gasteiger partial charge in [-0.1, -0.05) is 37.6 Å². The van der Waals surface area contributed by atoms with Gasteiger partial charge in [-0.3, -0.25) is 19.5 Å². The molecule has 1 spiro atoms. The molecule has 59 heavy (non-hydrogen) atoms. The maximum atomic E-state index is 14.4. The fourth-order valence-corrected chi connectivity index (χ4v) is 9.91. The third-order valence-corrected chi connectivity index (χ3v) is 12.6. The number of anilines is 1. The van der Waals surface area contributed by atoms with E-state index < -0.39 is 34.6 Å². The number of alkyl halides is 3. The van der Waals surface area contributed by atoms with Gasteiger partial charge in [0, 0.05) is 34.6 Å². The minimum atomic E-state index is -5.28. The summed E-state index contributed by atoms with van der Waals surface area (Å²) in [5, 5.41) is 0.121. The predicted octanol–water partition coefficient (Wildman–Crippen LogP) is 10.3. The number of pyridine rings is 1. The minimum absolute atomic E-state index is 0.0392. The highest BCUT2D eigenvalue weighted by Crippen LogP contribution is 2.58. The maximum absolute atomic E-state index is 14.4. The van der Waals surface area contributed by atoms with Crippen LogP contribution in [-0.2, 0) is 42.1 Å². The molecule has 0 saturated heterocycles. The summed E-state index contributed by atoms with van der Waals surface area (Å²) < 4.78 is 66.7. The van der Waals surface area contributed by atoms with Crippen LogP contribution < -0.4 is 14.4 Å². The van der Waals surface area contributed by atoms with Crippen molar-refractivity contribution >= 4 is 35.1 Å². The van der Waals surface area contributed by atoms with Gasteiger partial charge in [0.05, 0.1) is 20.3 Å². The number of halogens is 4. The number of benzene rings is 2. The van der Waals surface area contributed by atoms with Crippen LogP contribution >= 0.6 is 11.6 Å². The number of aryl methyl sites for hydroxylation is 1. The Hall–Kier alpha value is -4.32. The second-order valence-corrected chi connectivity index (χ2v) is 18.1. The van der Waals surface area contributed by atoms with Gasteiger partial charge in [-0.05, 0) is 156 Å². The molecule has 1 heterocycles. The van der Waals surface area contributed by atoms with Crippen LogP contribution in [0.4, 0.5) is 18.9 Å². The quantitative estimate of drug-likeness (QED) is 0.124. The molecule has 1 aromatic heterocycles. The van der Waals surface area contributed by atoms with Crippen molar-refractivity contribution in [2.45, 2.75) is 134 Å². The minimum Gasteiger partial charge on any atom is -0.494 e. The Morgan fingerprint density at radius 3 is 2.44 bits per heavy atom. The molecule has 1 fully saturated rings. The number of carbonyl (C=O) groups excluding carboxylic acids is 3. The second kappa shape index (κ2) is 17.7. The first-order valence-electron chi connectivity index (χ1n) is 20.7. The third kappa shape index (κ3) is 9.68. The Labute approximate surface area is 350 Å². The normalized spacial score (nSPS) is 23.2. The number of ether oxygens (including phenoxy) is 4. The summed E-state index contributed by atoms with van der Waals surface area (Å²) in [7, 11) is 1.13. The molecule has 320 valence electrons. The second-order valence-electron chi connectivity index (χ2n) is 17.7. The van der Waals surface area contributed by atoms with Crippen molar-refractivity contribution in [1.29, 1.82) is 0 Å². The van der Waals surface area contributed by atoms with Crippen LogP contribution in [0.5, 0.6) is 11.5 Å². The summed E-state index contributed by atoms with van der Waals surface area (Å²) in [6, 6.07) is 13.5. The van der Waals surface area contributed by atoms with Crippen molar-refractivity contribution in [3.8, 4) is 11.5 Å². The molecule has 0 N–H and O–H groups in total. The molecule has 0 radical (unpaired) electrons. The van der Waals surface area contributed by atoms with Crippen LogP contribution in [-0.4, -0.2) is 60.5 Å². The van der Waals surface area contributed by atoms with E-state index in [0.29, 0.717) is 48.9 Å². The summed E-state index contributed by atoms with van der Waals surface area (Å²) in [5.74, 6) is -1.42. The average molecular weight is 841 g/mol. The van der Waals surface area contributed by atoms with Crippen molar-refractivity contribution in [1.82, 2.24) is 4.98 Å². The first kappa shape index (κ1) is 44.2. The van der Waals surface area contributed by atoms with Gasteiger partial charge in [-0.2, -0.15) is 13.2 Å². The number of rotatable bonds is 13. The number of hydrogen-bond acceptors (Lipinski definition) is 8. The van der Waals surface area contributed by atoms with E-state index >= 15 is 0 Å². The van der Waals surface area contributed by atoms with Crippen molar-refractivity contribution in [3.05, 3.63) is 82.1 Å². The van der Waals surface area contributed by atoms with Crippen molar-refractivity contribution in [3.63, 3.8) is 0 Å². The van der Waals surface area contributed by atoms with Crippen LogP contribution in [0.2, 0.25) is 5.02 Å². The SMILES string of the molecule is COC(=O)C1(N(C(=O)C(F)(F)F)c2cccc(Cl)c2)CCC2(CC1)c1cc(OCCCC(=O)OC(C)(C)C)ccc1C[C@@H]2C[C@@H](C)COc1ccnc2c1[C@H](C)CCC2. The highest BCUT2D eigenvalue weighted by atomic mass is 35.5. The molecule has 0 unspecified atom stereocenters. The first-order chi connectivity index (χ1) is 27.9. The van der Waals surface area contributed by atoms with Gasteiger partial charge < -0.3 is 18.9 Å². The van der Waals surface area contributed by atoms with Crippen LogP contribution in [0, 0.1) is 11.8 Å². The smallest absolute Gasteiger partial charge is 0.471 e. The molecule has 3 aliphatic rings. The lowest BCUT2D eigenvalue weighted by molar-refractivity contribution is -0.174. The maximum Gasteiger partial charge on any atom is 0.471 e. The number of aromatic nitrogens is 1. The van der Waals surface area contributed by atoms with Crippen molar-refractivity contribution in [2.24, 2.45) is 11.8 Å². The highest BCUT2D eigenvalue weighted by molar-refractivity contribution is 6.31. The van der Waals surface area contributed by atoms with Gasteiger partial charge >= 0.3 is 24.0 Å². The monoisotopic (exact) mass is 840 g/mol. The Morgan fingerprint density at radius 1 is 1.02 bits per heavy atom. The summed E-state index contributed by atoms with van der Waals surface area (Å²) in [5.41, 5.74) is 1.16. The molecule has 13 heteroatoms. The largest absolute Gasteiger partial charge is 0.494 e. The van der Waals surface area contributed by atoms with Gasteiger partial charge in [0.25, 0.3) is 0 Å². The molecule has 2 aromatic carbocycles. The van der Waals surface area contributed by atoms with E-state index in [1.54, 1.807) is 0 Å². The Balaban J connectivity index is 1.30. The number of nitrogens with zero attached hydrogens (tertiary/aromatic N) is 2. The lowest BCUT2D eigenvalue weighted by Gasteiger charge is -2.51. The van der Waals surface area contributed by atoms with Gasteiger partial charge in [-0.15, -0.1) is 0 Å². The lowest BCUT2D eigenvalue weighted by atomic mass is 9.59. The van der Waals surface area contributed by atoms with E-state index in [0.717, 1.165) is 55.4 Å². The van der Waals surface area contributed by atoms with Crippen LogP contribution in [0.15, 0.2) is 54.7 Å². The standard InChI is InChI=1S/C46H56ClF3N2O7/c1-29(28-58-38-17-22-51-37-13-7-10-30(2)40(37)38)24-32-25-31-15-16-35(57-23-9-14-39(53)59-43(3,4)5)27-36(31)44(32)18-20-45(21-19-44,42(55)56-6)52(41(54)46(48,49)50)34-12-8-11-33(47)26-34/h8,11-12,15-17,22,26-27,29-30,32H,7,9-10,13-14,18-21,23-25,28H2,1-6H3/t29-,30-,32+,44?,45?/m1/s1. The third-order valence-electron chi connectivity index (χ3n) is 12.3. The highest BCUT2D eigenvalue weighted by Gasteiger charge is 2.60. The van der Waals surface area contributed by atoms with Crippen LogP contribution in [0.25, 0.3) is 0 Å². The first-order valence-corrected chi connectivity index (χ1v) is 21.1. The topological polar surface area (TPSA) is 104 Å². The van der Waals surface area contributed by atoms with Crippen molar-refractivity contribution < 1.29 is 46.5 Å². The van der Waals surface area contributed by atoms with E-state index in [4.69, 9.17) is 30.5 Å². The molecule has 1 saturated carbocycles. The molecule has 3 aromatic rings. The van der Waals surface area contributed by atoms with Gasteiger partial charge in [0.1, 0.15) is 22.6 Å². The summed E-state index contributed by atoms with van der Waals surface area (Å²) in [6.45, 7) is 10.6. The molecule has 9 nitrogen and oxygen atoms in total. The van der Waals surface area contributed by atoms with Crippen LogP contribution in [0.3, 0.4) is 0 Å². The summed E-state index contributed by atoms with van der Waals surface area (Å²) in [4.78, 5) is 44.8. The fourth-order valence-electron chi connectivity index (χ4n) is 9.73. The van der Waals surface area contributed by atoms with Gasteiger partial charge in [0.15, 0.2) is 0 Å². The zero-order chi connectivity index (χ0) is 42.8. The van der Waals surface area contributed by atoms with Gasteiger partial charge in [0.2, 0.25) is 0 Å². The molecule has 3 atom stereocenters. The van der Waals surface area contributed by atoms with E-state index in [-0.39, 0.29) is 54.4 Å². The zero-order valence-corrected chi connectivity index (χ0v) is 35.6. The number of esters is 2. The number of amides is 1. The predicted molar refractivity (Wildman–Crippen MR) is 219 cm³/mol. The molecular formula is C46H56ClF3N2O7. The number of carbonyl (C=O) groups is 3. The molecule has 0 bridgehead atoms. The molecule has 6 rings (SSSR count). The summed E-state index contributed by atoms with van der Waals surface area (Å²) in [6.07, 6.45) is 2.17. The lowest BCUT2D eigenvalue weighted by Crippen LogP contribution is -2.63.